The Kier molecular flexibility index (Phi) is 5.29. The molecular formula is C13H17NO5. The van der Waals surface area contributed by atoms with Crippen LogP contribution >= 0.6 is 0 Å². The lowest BCUT2D eigenvalue weighted by Crippen LogP contribution is -2.14. The Labute approximate surface area is 111 Å². The van der Waals surface area contributed by atoms with Gasteiger partial charge in [0.1, 0.15) is 0 Å². The van der Waals surface area contributed by atoms with Crippen molar-refractivity contribution >= 4 is 11.7 Å². The predicted octanol–water partition coefficient (Wildman–Crippen LogP) is 2.96. The smallest absolute Gasteiger partial charge is 0.314 e. The zero-order chi connectivity index (χ0) is 14.4. The Hall–Kier alpha value is -2.11. The van der Waals surface area contributed by atoms with E-state index in [1.54, 1.807) is 13.0 Å². The summed E-state index contributed by atoms with van der Waals surface area (Å²) in [6.07, 6.45) is 0.985. The maximum atomic E-state index is 11.3. The van der Waals surface area contributed by atoms with Crippen LogP contribution in [0.2, 0.25) is 0 Å². The van der Waals surface area contributed by atoms with Gasteiger partial charge in [-0.2, -0.15) is 0 Å². The molecule has 0 bridgehead atoms. The molecule has 6 nitrogen and oxygen atoms in total. The summed E-state index contributed by atoms with van der Waals surface area (Å²) < 4.78 is 5.21. The molecule has 0 aromatic heterocycles. The fourth-order valence-electron chi connectivity index (χ4n) is 1.99. The van der Waals surface area contributed by atoms with E-state index in [0.29, 0.717) is 12.8 Å². The van der Waals surface area contributed by atoms with Crippen molar-refractivity contribution in [3.05, 3.63) is 33.9 Å². The number of ether oxygens (including phenoxy) is 1. The van der Waals surface area contributed by atoms with E-state index in [4.69, 9.17) is 4.74 Å². The van der Waals surface area contributed by atoms with Gasteiger partial charge in [0, 0.05) is 5.56 Å². The predicted molar refractivity (Wildman–Crippen MR) is 69.6 cm³/mol. The number of para-hydroxylation sites is 1. The lowest BCUT2D eigenvalue weighted by atomic mass is 9.93. The first-order valence-corrected chi connectivity index (χ1v) is 6.15. The van der Waals surface area contributed by atoms with E-state index in [2.05, 4.69) is 0 Å². The molecule has 1 unspecified atom stereocenters. The number of carbonyl (C=O) groups is 1. The molecule has 1 atom stereocenters. The van der Waals surface area contributed by atoms with Gasteiger partial charge in [0.05, 0.1) is 17.4 Å². The fourth-order valence-corrected chi connectivity index (χ4v) is 1.99. The number of nitro benzene ring substituents is 1. The minimum atomic E-state index is -1.06. The molecule has 0 heterocycles. The topological polar surface area (TPSA) is 89.7 Å². The molecular weight excluding hydrogens is 250 g/mol. The Morgan fingerprint density at radius 3 is 2.63 bits per heavy atom. The van der Waals surface area contributed by atoms with Gasteiger partial charge in [-0.25, -0.2) is 0 Å². The molecule has 1 aromatic rings. The van der Waals surface area contributed by atoms with Gasteiger partial charge in [-0.15, -0.1) is 0 Å². The number of nitro groups is 1. The van der Waals surface area contributed by atoms with Crippen molar-refractivity contribution in [2.75, 3.05) is 6.61 Å². The minimum Gasteiger partial charge on any atom is -0.487 e. The molecule has 6 heteroatoms. The van der Waals surface area contributed by atoms with Crippen LogP contribution < -0.4 is 4.74 Å². The summed E-state index contributed by atoms with van der Waals surface area (Å²) in [5.41, 5.74) is -0.0458. The molecule has 0 aliphatic heterocycles. The Balaban J connectivity index is 3.35. The molecule has 0 radical (unpaired) electrons. The first-order chi connectivity index (χ1) is 9.02. The van der Waals surface area contributed by atoms with Crippen LogP contribution in [-0.4, -0.2) is 22.6 Å². The molecule has 1 rings (SSSR count). The summed E-state index contributed by atoms with van der Waals surface area (Å²) in [5.74, 6) is -1.82. The third-order valence-corrected chi connectivity index (χ3v) is 2.76. The number of hydrogen-bond donors (Lipinski definition) is 1. The van der Waals surface area contributed by atoms with Crippen LogP contribution in [0.3, 0.4) is 0 Å². The minimum absolute atomic E-state index is 0.118. The second kappa shape index (κ2) is 6.72. The van der Waals surface area contributed by atoms with Crippen LogP contribution in [0.25, 0.3) is 0 Å². The highest BCUT2D eigenvalue weighted by atomic mass is 16.6. The summed E-state index contributed by atoms with van der Waals surface area (Å²) in [7, 11) is 0. The lowest BCUT2D eigenvalue weighted by Gasteiger charge is -2.14. The van der Waals surface area contributed by atoms with Crippen LogP contribution in [-0.2, 0) is 4.79 Å². The van der Waals surface area contributed by atoms with Gasteiger partial charge in [0.15, 0.2) is 5.75 Å². The molecule has 0 aliphatic carbocycles. The van der Waals surface area contributed by atoms with Crippen molar-refractivity contribution in [3.63, 3.8) is 0 Å². The second-order valence-corrected chi connectivity index (χ2v) is 4.06. The van der Waals surface area contributed by atoms with E-state index in [0.717, 1.165) is 0 Å². The average Bonchev–Trinajstić information content (AvgIpc) is 2.35. The zero-order valence-electron chi connectivity index (χ0n) is 11.0. The standard InChI is InChI=1S/C13H17NO5/c1-3-6-10(13(15)16)9-7-5-8-11(19-4-2)12(9)14(17)18/h5,7-8,10H,3-4,6H2,1-2H3,(H,15,16). The number of rotatable bonds is 7. The highest BCUT2D eigenvalue weighted by molar-refractivity contribution is 5.78. The van der Waals surface area contributed by atoms with Gasteiger partial charge in [-0.3, -0.25) is 14.9 Å². The van der Waals surface area contributed by atoms with Crippen LogP contribution in [0.15, 0.2) is 18.2 Å². The Bertz CT molecular complexity index is 472. The fraction of sp³-hybridized carbons (Fsp3) is 0.462. The molecule has 1 N–H and O–H groups in total. The third-order valence-electron chi connectivity index (χ3n) is 2.76. The van der Waals surface area contributed by atoms with E-state index in [1.165, 1.54) is 12.1 Å². The number of carboxylic acid groups (broad SMARTS) is 1. The molecule has 0 saturated carbocycles. The number of benzene rings is 1. The van der Waals surface area contributed by atoms with Crippen LogP contribution in [0, 0.1) is 10.1 Å². The van der Waals surface area contributed by atoms with Gasteiger partial charge in [-0.1, -0.05) is 25.5 Å². The zero-order valence-corrected chi connectivity index (χ0v) is 11.0. The monoisotopic (exact) mass is 267 g/mol. The first-order valence-electron chi connectivity index (χ1n) is 6.15. The molecule has 1 aromatic carbocycles. The van der Waals surface area contributed by atoms with Crippen molar-refractivity contribution in [3.8, 4) is 5.75 Å². The largest absolute Gasteiger partial charge is 0.487 e. The Morgan fingerprint density at radius 2 is 2.16 bits per heavy atom. The van der Waals surface area contributed by atoms with Crippen LogP contribution in [0.4, 0.5) is 5.69 Å². The summed E-state index contributed by atoms with van der Waals surface area (Å²) in [6.45, 7) is 3.85. The lowest BCUT2D eigenvalue weighted by molar-refractivity contribution is -0.386. The van der Waals surface area contributed by atoms with Crippen LogP contribution in [0.5, 0.6) is 5.75 Å². The first kappa shape index (κ1) is 14.9. The maximum absolute atomic E-state index is 11.3. The second-order valence-electron chi connectivity index (χ2n) is 4.06. The molecule has 0 fully saturated rings. The highest BCUT2D eigenvalue weighted by Gasteiger charge is 2.30. The number of carboxylic acids is 1. The van der Waals surface area contributed by atoms with Gasteiger partial charge >= 0.3 is 11.7 Å². The quantitative estimate of drug-likeness (QED) is 0.606. The normalized spacial score (nSPS) is 11.9. The van der Waals surface area contributed by atoms with Gasteiger partial charge in [0.2, 0.25) is 0 Å². The van der Waals surface area contributed by atoms with Gasteiger partial charge in [0.25, 0.3) is 0 Å². The molecule has 0 aliphatic rings. The van der Waals surface area contributed by atoms with E-state index < -0.39 is 16.8 Å². The molecule has 19 heavy (non-hydrogen) atoms. The number of nitrogens with zero attached hydrogens (tertiary/aromatic N) is 1. The van der Waals surface area contributed by atoms with E-state index in [-0.39, 0.29) is 23.6 Å². The average molecular weight is 267 g/mol. The molecule has 0 saturated heterocycles. The van der Waals surface area contributed by atoms with E-state index in [9.17, 15) is 20.0 Å². The molecule has 0 spiro atoms. The van der Waals surface area contributed by atoms with E-state index >= 15 is 0 Å². The molecule has 104 valence electrons. The summed E-state index contributed by atoms with van der Waals surface area (Å²) in [4.78, 5) is 21.9. The van der Waals surface area contributed by atoms with Gasteiger partial charge in [-0.05, 0) is 19.4 Å². The van der Waals surface area contributed by atoms with Crippen molar-refractivity contribution in [1.29, 1.82) is 0 Å². The van der Waals surface area contributed by atoms with Crippen molar-refractivity contribution in [1.82, 2.24) is 0 Å². The van der Waals surface area contributed by atoms with Gasteiger partial charge < -0.3 is 9.84 Å². The SMILES string of the molecule is CCCC(C(=O)O)c1cccc(OCC)c1[N+](=O)[O-]. The summed E-state index contributed by atoms with van der Waals surface area (Å²) in [6, 6.07) is 4.55. The Morgan fingerprint density at radius 1 is 1.47 bits per heavy atom. The van der Waals surface area contributed by atoms with Crippen molar-refractivity contribution < 1.29 is 19.6 Å². The maximum Gasteiger partial charge on any atom is 0.314 e. The van der Waals surface area contributed by atoms with E-state index in [1.807, 2.05) is 6.92 Å². The summed E-state index contributed by atoms with van der Waals surface area (Å²) in [5, 5.41) is 20.4. The third kappa shape index (κ3) is 3.43. The number of aliphatic carboxylic acids is 1. The van der Waals surface area contributed by atoms with Crippen LogP contribution in [0.1, 0.15) is 38.2 Å². The highest BCUT2D eigenvalue weighted by Crippen LogP contribution is 2.37. The summed E-state index contributed by atoms with van der Waals surface area (Å²) >= 11 is 0. The molecule has 0 amide bonds. The van der Waals surface area contributed by atoms with Crippen molar-refractivity contribution in [2.45, 2.75) is 32.6 Å². The number of hydrogen-bond acceptors (Lipinski definition) is 4. The van der Waals surface area contributed by atoms with Crippen molar-refractivity contribution in [2.24, 2.45) is 0 Å².